The zero-order valence-corrected chi connectivity index (χ0v) is 17.5. The van der Waals surface area contributed by atoms with Crippen molar-refractivity contribution >= 4 is 39.0 Å². The Morgan fingerprint density at radius 2 is 1.90 bits per heavy atom. The van der Waals surface area contributed by atoms with Crippen molar-refractivity contribution < 1.29 is 4.79 Å². The van der Waals surface area contributed by atoms with Crippen molar-refractivity contribution in [1.29, 1.82) is 0 Å². The highest BCUT2D eigenvalue weighted by molar-refractivity contribution is 7.17. The van der Waals surface area contributed by atoms with Gasteiger partial charge in [-0.2, -0.15) is 0 Å². The number of hydrogen-bond acceptors (Lipinski definition) is 6. The van der Waals surface area contributed by atoms with Gasteiger partial charge in [0.25, 0.3) is 0 Å². The van der Waals surface area contributed by atoms with Crippen LogP contribution in [0.15, 0.2) is 66.3 Å². The maximum atomic E-state index is 11.2. The smallest absolute Gasteiger partial charge is 0.221 e. The Kier molecular flexibility index (Phi) is 6.32. The van der Waals surface area contributed by atoms with Crippen molar-refractivity contribution in [2.75, 3.05) is 23.7 Å². The second-order valence-corrected chi connectivity index (χ2v) is 7.76. The second kappa shape index (κ2) is 9.47. The minimum Gasteiger partial charge on any atom is -0.368 e. The molecule has 0 fully saturated rings. The van der Waals surface area contributed by atoms with E-state index < -0.39 is 0 Å². The van der Waals surface area contributed by atoms with Crippen LogP contribution in [0, 0.1) is 0 Å². The predicted molar refractivity (Wildman–Crippen MR) is 124 cm³/mol. The summed E-state index contributed by atoms with van der Waals surface area (Å²) < 4.78 is 0. The number of anilines is 2. The van der Waals surface area contributed by atoms with Crippen LogP contribution in [-0.2, 0) is 11.3 Å². The molecule has 0 atom stereocenters. The molecule has 0 aliphatic heterocycles. The van der Waals surface area contributed by atoms with E-state index in [-0.39, 0.29) is 5.91 Å². The molecule has 0 bridgehead atoms. The molecule has 0 radical (unpaired) electrons. The van der Waals surface area contributed by atoms with Gasteiger partial charge in [0.15, 0.2) is 0 Å². The number of benzene rings is 2. The molecule has 1 amide bonds. The molecular weight excluding hydrogens is 394 g/mol. The SMILES string of the molecule is CC(=O)Nc1cccc(CNCCNc2ncnc3scc(-c4ccccc4)c23)c1. The van der Waals surface area contributed by atoms with E-state index in [0.29, 0.717) is 0 Å². The Morgan fingerprint density at radius 1 is 1.03 bits per heavy atom. The molecule has 7 heteroatoms. The van der Waals surface area contributed by atoms with Crippen LogP contribution in [0.4, 0.5) is 11.5 Å². The molecule has 2 aromatic carbocycles. The van der Waals surface area contributed by atoms with E-state index in [0.717, 1.165) is 52.5 Å². The van der Waals surface area contributed by atoms with Crippen molar-refractivity contribution in [2.24, 2.45) is 0 Å². The highest BCUT2D eigenvalue weighted by atomic mass is 32.1. The van der Waals surface area contributed by atoms with Crippen molar-refractivity contribution in [3.8, 4) is 11.1 Å². The van der Waals surface area contributed by atoms with Gasteiger partial charge < -0.3 is 16.0 Å². The lowest BCUT2D eigenvalue weighted by Crippen LogP contribution is -2.22. The molecule has 0 saturated heterocycles. The van der Waals surface area contributed by atoms with Gasteiger partial charge >= 0.3 is 0 Å². The fourth-order valence-corrected chi connectivity index (χ4v) is 4.22. The fraction of sp³-hybridized carbons (Fsp3) is 0.174. The van der Waals surface area contributed by atoms with Crippen molar-refractivity contribution in [1.82, 2.24) is 15.3 Å². The van der Waals surface area contributed by atoms with Gasteiger partial charge in [-0.1, -0.05) is 42.5 Å². The van der Waals surface area contributed by atoms with E-state index >= 15 is 0 Å². The van der Waals surface area contributed by atoms with Crippen LogP contribution < -0.4 is 16.0 Å². The van der Waals surface area contributed by atoms with E-state index in [1.54, 1.807) is 17.7 Å². The summed E-state index contributed by atoms with van der Waals surface area (Å²) in [6.45, 7) is 3.75. The molecule has 3 N–H and O–H groups in total. The number of carbonyl (C=O) groups excluding carboxylic acids is 1. The number of nitrogens with one attached hydrogen (secondary N) is 3. The minimum atomic E-state index is -0.0659. The first-order valence-corrected chi connectivity index (χ1v) is 10.7. The lowest BCUT2D eigenvalue weighted by molar-refractivity contribution is -0.114. The highest BCUT2D eigenvalue weighted by Crippen LogP contribution is 2.36. The Morgan fingerprint density at radius 3 is 2.73 bits per heavy atom. The van der Waals surface area contributed by atoms with Gasteiger partial charge in [0.05, 0.1) is 5.39 Å². The van der Waals surface area contributed by atoms with Crippen LogP contribution in [0.5, 0.6) is 0 Å². The van der Waals surface area contributed by atoms with Crippen molar-refractivity contribution in [3.05, 3.63) is 71.9 Å². The second-order valence-electron chi connectivity index (χ2n) is 6.90. The summed E-state index contributed by atoms with van der Waals surface area (Å²) >= 11 is 1.63. The van der Waals surface area contributed by atoms with E-state index in [2.05, 4.69) is 43.4 Å². The topological polar surface area (TPSA) is 78.9 Å². The van der Waals surface area contributed by atoms with Crippen LogP contribution in [0.1, 0.15) is 12.5 Å². The zero-order valence-electron chi connectivity index (χ0n) is 16.7. The number of fused-ring (bicyclic) bond motifs is 1. The molecule has 152 valence electrons. The van der Waals surface area contributed by atoms with E-state index in [1.807, 2.05) is 42.5 Å². The molecule has 0 aliphatic rings. The quantitative estimate of drug-likeness (QED) is 0.368. The molecular formula is C23H23N5OS. The summed E-state index contributed by atoms with van der Waals surface area (Å²) in [5, 5.41) is 12.9. The first-order chi connectivity index (χ1) is 14.7. The number of nitrogens with zero attached hydrogens (tertiary/aromatic N) is 2. The summed E-state index contributed by atoms with van der Waals surface area (Å²) in [4.78, 5) is 21.1. The number of rotatable bonds is 8. The Hall–Kier alpha value is -3.29. The fourth-order valence-electron chi connectivity index (χ4n) is 3.30. The maximum Gasteiger partial charge on any atom is 0.221 e. The van der Waals surface area contributed by atoms with Gasteiger partial charge in [-0.25, -0.2) is 9.97 Å². The Labute approximate surface area is 179 Å². The monoisotopic (exact) mass is 417 g/mol. The minimum absolute atomic E-state index is 0.0659. The first kappa shape index (κ1) is 20.0. The van der Waals surface area contributed by atoms with Crippen LogP contribution in [0.25, 0.3) is 21.3 Å². The van der Waals surface area contributed by atoms with Crippen LogP contribution in [-0.4, -0.2) is 29.0 Å². The van der Waals surface area contributed by atoms with E-state index in [9.17, 15) is 4.79 Å². The third-order valence-electron chi connectivity index (χ3n) is 4.63. The first-order valence-electron chi connectivity index (χ1n) is 9.79. The van der Waals surface area contributed by atoms with Gasteiger partial charge in [-0.15, -0.1) is 11.3 Å². The average molecular weight is 418 g/mol. The largest absolute Gasteiger partial charge is 0.368 e. The third-order valence-corrected chi connectivity index (χ3v) is 5.51. The number of carbonyl (C=O) groups is 1. The average Bonchev–Trinajstić information content (AvgIpc) is 3.19. The van der Waals surface area contributed by atoms with Gasteiger partial charge in [-0.3, -0.25) is 4.79 Å². The van der Waals surface area contributed by atoms with Crippen LogP contribution >= 0.6 is 11.3 Å². The molecule has 30 heavy (non-hydrogen) atoms. The number of hydrogen-bond donors (Lipinski definition) is 3. The molecule has 2 aromatic heterocycles. The van der Waals surface area contributed by atoms with Gasteiger partial charge in [0.1, 0.15) is 17.0 Å². The molecule has 4 aromatic rings. The molecule has 2 heterocycles. The number of thiophene rings is 1. The molecule has 0 spiro atoms. The Balaban J connectivity index is 1.37. The maximum absolute atomic E-state index is 11.2. The third kappa shape index (κ3) is 4.82. The predicted octanol–water partition coefficient (Wildman–Crippen LogP) is 4.52. The number of aromatic nitrogens is 2. The van der Waals surface area contributed by atoms with Gasteiger partial charge in [0, 0.05) is 43.2 Å². The molecule has 0 unspecified atom stereocenters. The van der Waals surface area contributed by atoms with Gasteiger partial charge in [0.2, 0.25) is 5.91 Å². The number of amides is 1. The van der Waals surface area contributed by atoms with Crippen molar-refractivity contribution in [2.45, 2.75) is 13.5 Å². The summed E-state index contributed by atoms with van der Waals surface area (Å²) in [6, 6.07) is 18.2. The van der Waals surface area contributed by atoms with Gasteiger partial charge in [-0.05, 0) is 23.3 Å². The van der Waals surface area contributed by atoms with E-state index in [4.69, 9.17) is 0 Å². The lowest BCUT2D eigenvalue weighted by atomic mass is 10.1. The summed E-state index contributed by atoms with van der Waals surface area (Å²) in [5.74, 6) is 0.790. The summed E-state index contributed by atoms with van der Waals surface area (Å²) in [6.07, 6.45) is 1.61. The van der Waals surface area contributed by atoms with E-state index in [1.165, 1.54) is 12.5 Å². The molecule has 0 saturated carbocycles. The lowest BCUT2D eigenvalue weighted by Gasteiger charge is -2.10. The molecule has 0 aliphatic carbocycles. The van der Waals surface area contributed by atoms with Crippen LogP contribution in [0.3, 0.4) is 0 Å². The van der Waals surface area contributed by atoms with Crippen molar-refractivity contribution in [3.63, 3.8) is 0 Å². The standard InChI is InChI=1S/C23H23N5OS/c1-16(29)28-19-9-5-6-17(12-19)13-24-10-11-25-22-21-20(18-7-3-2-4-8-18)14-30-23(21)27-15-26-22/h2-9,12,14-15,24H,10-11,13H2,1H3,(H,28,29)(H,25,26,27). The highest BCUT2D eigenvalue weighted by Gasteiger charge is 2.12. The normalized spacial score (nSPS) is 10.8. The summed E-state index contributed by atoms with van der Waals surface area (Å²) in [5.41, 5.74) is 4.25. The van der Waals surface area contributed by atoms with Crippen LogP contribution in [0.2, 0.25) is 0 Å². The molecule has 4 rings (SSSR count). The zero-order chi connectivity index (χ0) is 20.8. The molecule has 6 nitrogen and oxygen atoms in total. The Bertz CT molecular complexity index is 1140. The summed E-state index contributed by atoms with van der Waals surface area (Å²) in [7, 11) is 0.